The van der Waals surface area contributed by atoms with Crippen molar-refractivity contribution in [1.29, 1.82) is 0 Å². The number of carbonyl (C=O) groups is 2. The van der Waals surface area contributed by atoms with Gasteiger partial charge in [0.05, 0.1) is 11.7 Å². The average Bonchev–Trinajstić information content (AvgIpc) is 2.42. The minimum absolute atomic E-state index is 0.0197. The molecular formula is C13H16FN3O2. The van der Waals surface area contributed by atoms with Gasteiger partial charge in [-0.2, -0.15) is 0 Å². The van der Waals surface area contributed by atoms with Crippen LogP contribution in [0.1, 0.15) is 29.6 Å². The summed E-state index contributed by atoms with van der Waals surface area (Å²) in [6.07, 6.45) is 2.73. The number of nitrogens with two attached hydrogens (primary N) is 1. The van der Waals surface area contributed by atoms with Crippen LogP contribution in [-0.2, 0) is 4.79 Å². The Hall–Kier alpha value is -1.95. The Bertz CT molecular complexity index is 499. The number of amides is 2. The number of primary amides is 1. The number of hydrogen-bond acceptors (Lipinski definition) is 3. The lowest BCUT2D eigenvalue weighted by atomic mass is 10.0. The number of hydrogen-bond donors (Lipinski definition) is 3. The largest absolute Gasteiger partial charge is 0.366 e. The Morgan fingerprint density at radius 3 is 2.79 bits per heavy atom. The molecule has 0 radical (unpaired) electrons. The van der Waals surface area contributed by atoms with Crippen LogP contribution in [0.15, 0.2) is 18.2 Å². The monoisotopic (exact) mass is 265 g/mol. The molecule has 0 aliphatic carbocycles. The Kier molecular flexibility index (Phi) is 4.11. The number of nitrogens with one attached hydrogen (secondary N) is 2. The minimum atomic E-state index is -0.661. The van der Waals surface area contributed by atoms with Crippen molar-refractivity contribution in [3.05, 3.63) is 29.6 Å². The molecule has 1 fully saturated rings. The molecule has 0 bridgehead atoms. The van der Waals surface area contributed by atoms with Crippen LogP contribution in [0, 0.1) is 5.82 Å². The van der Waals surface area contributed by atoms with Gasteiger partial charge in [0.2, 0.25) is 11.8 Å². The Labute approximate surface area is 110 Å². The summed E-state index contributed by atoms with van der Waals surface area (Å²) < 4.78 is 13.6. The topological polar surface area (TPSA) is 84.2 Å². The molecule has 5 nitrogen and oxygen atoms in total. The lowest BCUT2D eigenvalue weighted by Crippen LogP contribution is -2.43. The molecule has 19 heavy (non-hydrogen) atoms. The van der Waals surface area contributed by atoms with E-state index in [2.05, 4.69) is 10.6 Å². The van der Waals surface area contributed by atoms with E-state index in [1.54, 1.807) is 0 Å². The zero-order valence-electron chi connectivity index (χ0n) is 10.4. The molecule has 1 aromatic rings. The summed E-state index contributed by atoms with van der Waals surface area (Å²) in [5, 5.41) is 5.56. The summed E-state index contributed by atoms with van der Waals surface area (Å²) in [6, 6.07) is 3.33. The first-order chi connectivity index (χ1) is 9.08. The first-order valence-electron chi connectivity index (χ1n) is 6.21. The Morgan fingerprint density at radius 1 is 1.37 bits per heavy atom. The van der Waals surface area contributed by atoms with E-state index in [-0.39, 0.29) is 23.2 Å². The van der Waals surface area contributed by atoms with Gasteiger partial charge < -0.3 is 16.4 Å². The van der Waals surface area contributed by atoms with E-state index in [9.17, 15) is 14.0 Å². The van der Waals surface area contributed by atoms with Gasteiger partial charge >= 0.3 is 0 Å². The number of benzene rings is 1. The van der Waals surface area contributed by atoms with E-state index >= 15 is 0 Å². The molecule has 0 aromatic heterocycles. The molecule has 102 valence electrons. The highest BCUT2D eigenvalue weighted by molar-refractivity contribution is 5.98. The lowest BCUT2D eigenvalue weighted by Gasteiger charge is -2.22. The van der Waals surface area contributed by atoms with E-state index in [4.69, 9.17) is 5.73 Å². The molecule has 2 rings (SSSR count). The predicted molar refractivity (Wildman–Crippen MR) is 69.2 cm³/mol. The normalized spacial score (nSPS) is 18.9. The smallest absolute Gasteiger partial charge is 0.248 e. The van der Waals surface area contributed by atoms with Gasteiger partial charge in [-0.3, -0.25) is 9.59 Å². The first-order valence-corrected chi connectivity index (χ1v) is 6.21. The molecule has 0 spiro atoms. The highest BCUT2D eigenvalue weighted by Gasteiger charge is 2.21. The highest BCUT2D eigenvalue weighted by atomic mass is 19.1. The maximum atomic E-state index is 13.6. The van der Waals surface area contributed by atoms with Crippen molar-refractivity contribution in [2.24, 2.45) is 5.73 Å². The summed E-state index contributed by atoms with van der Waals surface area (Å²) in [5.74, 6) is -1.54. The molecule has 2 amide bonds. The van der Waals surface area contributed by atoms with Crippen LogP contribution in [0.4, 0.5) is 10.1 Å². The van der Waals surface area contributed by atoms with E-state index in [1.165, 1.54) is 12.1 Å². The molecule has 1 saturated heterocycles. The average molecular weight is 265 g/mol. The van der Waals surface area contributed by atoms with Crippen LogP contribution in [0.25, 0.3) is 0 Å². The van der Waals surface area contributed by atoms with Crippen molar-refractivity contribution in [3.63, 3.8) is 0 Å². The second-order valence-corrected chi connectivity index (χ2v) is 4.55. The van der Waals surface area contributed by atoms with Crippen LogP contribution >= 0.6 is 0 Å². The number of rotatable bonds is 3. The van der Waals surface area contributed by atoms with Gasteiger partial charge in [-0.25, -0.2) is 4.39 Å². The van der Waals surface area contributed by atoms with Gasteiger partial charge in [-0.15, -0.1) is 0 Å². The van der Waals surface area contributed by atoms with Crippen molar-refractivity contribution in [1.82, 2.24) is 5.32 Å². The maximum Gasteiger partial charge on any atom is 0.248 e. The molecule has 1 aliphatic rings. The zero-order chi connectivity index (χ0) is 13.8. The third-order valence-electron chi connectivity index (χ3n) is 3.14. The fourth-order valence-electron chi connectivity index (χ4n) is 2.07. The molecule has 1 unspecified atom stereocenters. The van der Waals surface area contributed by atoms with Crippen molar-refractivity contribution in [2.45, 2.75) is 25.3 Å². The molecule has 4 N–H and O–H groups in total. The zero-order valence-corrected chi connectivity index (χ0v) is 10.4. The van der Waals surface area contributed by atoms with E-state index in [1.807, 2.05) is 0 Å². The third-order valence-corrected chi connectivity index (χ3v) is 3.14. The van der Waals surface area contributed by atoms with Crippen LogP contribution in [0.3, 0.4) is 0 Å². The van der Waals surface area contributed by atoms with E-state index < -0.39 is 11.7 Å². The van der Waals surface area contributed by atoms with Gasteiger partial charge in [-0.05, 0) is 37.6 Å². The maximum absolute atomic E-state index is 13.6. The SMILES string of the molecule is NC(=O)c1ccc(F)c(NC(=O)C2CCCCN2)c1. The minimum Gasteiger partial charge on any atom is -0.366 e. The summed E-state index contributed by atoms with van der Waals surface area (Å²) >= 11 is 0. The van der Waals surface area contributed by atoms with E-state index in [0.717, 1.165) is 31.9 Å². The van der Waals surface area contributed by atoms with Gasteiger partial charge in [0.1, 0.15) is 5.82 Å². The molecule has 1 aliphatic heterocycles. The molecule has 1 heterocycles. The number of piperidine rings is 1. The highest BCUT2D eigenvalue weighted by Crippen LogP contribution is 2.17. The summed E-state index contributed by atoms with van der Waals surface area (Å²) in [5.41, 5.74) is 5.26. The van der Waals surface area contributed by atoms with Crippen LogP contribution in [0.2, 0.25) is 0 Å². The number of halogens is 1. The summed E-state index contributed by atoms with van der Waals surface area (Å²) in [4.78, 5) is 23.0. The van der Waals surface area contributed by atoms with Crippen LogP contribution in [0.5, 0.6) is 0 Å². The van der Waals surface area contributed by atoms with Gasteiger partial charge in [0.25, 0.3) is 0 Å². The summed E-state index contributed by atoms with van der Waals surface area (Å²) in [7, 11) is 0. The molecule has 6 heteroatoms. The standard InChI is InChI=1S/C13H16FN3O2/c14-9-5-4-8(12(15)18)7-11(9)17-13(19)10-3-1-2-6-16-10/h4-5,7,10,16H,1-3,6H2,(H2,15,18)(H,17,19). The van der Waals surface area contributed by atoms with Crippen LogP contribution in [-0.4, -0.2) is 24.4 Å². The number of anilines is 1. The lowest BCUT2D eigenvalue weighted by molar-refractivity contribution is -0.118. The molecule has 1 atom stereocenters. The fourth-order valence-corrected chi connectivity index (χ4v) is 2.07. The predicted octanol–water partition coefficient (Wildman–Crippen LogP) is 1.01. The molecular weight excluding hydrogens is 249 g/mol. The van der Waals surface area contributed by atoms with Gasteiger partial charge in [0, 0.05) is 5.56 Å². The Morgan fingerprint density at radius 2 is 2.16 bits per heavy atom. The van der Waals surface area contributed by atoms with E-state index in [0.29, 0.717) is 0 Å². The van der Waals surface area contributed by atoms with Gasteiger partial charge in [0.15, 0.2) is 0 Å². The molecule has 1 aromatic carbocycles. The third kappa shape index (κ3) is 3.29. The van der Waals surface area contributed by atoms with Crippen molar-refractivity contribution >= 4 is 17.5 Å². The van der Waals surface area contributed by atoms with Crippen LogP contribution < -0.4 is 16.4 Å². The molecule has 0 saturated carbocycles. The van der Waals surface area contributed by atoms with Gasteiger partial charge in [-0.1, -0.05) is 6.42 Å². The van der Waals surface area contributed by atoms with Crippen molar-refractivity contribution in [3.8, 4) is 0 Å². The van der Waals surface area contributed by atoms with Crippen molar-refractivity contribution in [2.75, 3.05) is 11.9 Å². The van der Waals surface area contributed by atoms with Crippen molar-refractivity contribution < 1.29 is 14.0 Å². The second-order valence-electron chi connectivity index (χ2n) is 4.55. The summed E-state index contributed by atoms with van der Waals surface area (Å²) in [6.45, 7) is 0.780. The fraction of sp³-hybridized carbons (Fsp3) is 0.385. The Balaban J connectivity index is 2.11. The first kappa shape index (κ1) is 13.5. The quantitative estimate of drug-likeness (QED) is 0.762. The number of carbonyl (C=O) groups excluding carboxylic acids is 2. The second kappa shape index (κ2) is 5.79.